The zero-order valence-corrected chi connectivity index (χ0v) is 11.9. The Labute approximate surface area is 112 Å². The summed E-state index contributed by atoms with van der Waals surface area (Å²) in [6.45, 7) is 5.25. The second-order valence-electron chi connectivity index (χ2n) is 4.76. The SMILES string of the molecule is Cc1cc(OCC[C@H]2CCCNC2)ccc1Br. The lowest BCUT2D eigenvalue weighted by molar-refractivity contribution is 0.254. The maximum atomic E-state index is 5.80. The lowest BCUT2D eigenvalue weighted by atomic mass is 9.97. The number of hydrogen-bond donors (Lipinski definition) is 1. The third-order valence-corrected chi connectivity index (χ3v) is 4.21. The zero-order chi connectivity index (χ0) is 12.1. The summed E-state index contributed by atoms with van der Waals surface area (Å²) >= 11 is 3.50. The van der Waals surface area contributed by atoms with E-state index in [-0.39, 0.29) is 0 Å². The monoisotopic (exact) mass is 297 g/mol. The fourth-order valence-electron chi connectivity index (χ4n) is 2.22. The largest absolute Gasteiger partial charge is 0.494 e. The molecule has 0 aromatic heterocycles. The first-order valence-electron chi connectivity index (χ1n) is 6.35. The van der Waals surface area contributed by atoms with E-state index in [4.69, 9.17) is 4.74 Å². The van der Waals surface area contributed by atoms with Crippen LogP contribution in [0.4, 0.5) is 0 Å². The third kappa shape index (κ3) is 4.00. The van der Waals surface area contributed by atoms with Gasteiger partial charge in [-0.15, -0.1) is 0 Å². The topological polar surface area (TPSA) is 21.3 Å². The van der Waals surface area contributed by atoms with Gasteiger partial charge in [-0.2, -0.15) is 0 Å². The minimum atomic E-state index is 0.792. The Balaban J connectivity index is 1.75. The maximum Gasteiger partial charge on any atom is 0.119 e. The molecule has 1 heterocycles. The van der Waals surface area contributed by atoms with Crippen molar-refractivity contribution in [2.45, 2.75) is 26.2 Å². The number of ether oxygens (including phenoxy) is 1. The molecule has 1 N–H and O–H groups in total. The van der Waals surface area contributed by atoms with Gasteiger partial charge in [0, 0.05) is 4.47 Å². The second kappa shape index (κ2) is 6.41. The molecule has 0 spiro atoms. The Hall–Kier alpha value is -0.540. The van der Waals surface area contributed by atoms with Gasteiger partial charge in [-0.05, 0) is 69.0 Å². The van der Waals surface area contributed by atoms with Crippen molar-refractivity contribution >= 4 is 15.9 Å². The van der Waals surface area contributed by atoms with E-state index in [1.54, 1.807) is 0 Å². The van der Waals surface area contributed by atoms with Crippen molar-refractivity contribution in [3.63, 3.8) is 0 Å². The van der Waals surface area contributed by atoms with Crippen LogP contribution in [0.25, 0.3) is 0 Å². The standard InChI is InChI=1S/C14H20BrNO/c1-11-9-13(4-5-14(11)15)17-8-6-12-3-2-7-16-10-12/h4-5,9,12,16H,2-3,6-8,10H2,1H3/t12-/m1/s1. The van der Waals surface area contributed by atoms with Crippen LogP contribution in [0.2, 0.25) is 0 Å². The van der Waals surface area contributed by atoms with Crippen molar-refractivity contribution in [3.05, 3.63) is 28.2 Å². The first-order valence-corrected chi connectivity index (χ1v) is 7.14. The van der Waals surface area contributed by atoms with Crippen LogP contribution in [0, 0.1) is 12.8 Å². The molecule has 1 aromatic carbocycles. The van der Waals surface area contributed by atoms with Crippen molar-refractivity contribution in [1.29, 1.82) is 0 Å². The summed E-state index contributed by atoms with van der Waals surface area (Å²) in [6, 6.07) is 6.16. The molecule has 1 atom stereocenters. The molecule has 0 amide bonds. The molecular weight excluding hydrogens is 278 g/mol. The second-order valence-corrected chi connectivity index (χ2v) is 5.61. The number of halogens is 1. The van der Waals surface area contributed by atoms with E-state index in [2.05, 4.69) is 34.2 Å². The van der Waals surface area contributed by atoms with E-state index in [1.807, 2.05) is 12.1 Å². The average Bonchev–Trinajstić information content (AvgIpc) is 2.35. The third-order valence-electron chi connectivity index (χ3n) is 3.32. The molecule has 1 aromatic rings. The predicted molar refractivity (Wildman–Crippen MR) is 74.6 cm³/mol. The van der Waals surface area contributed by atoms with Crippen LogP contribution >= 0.6 is 15.9 Å². The normalized spacial score (nSPS) is 20.2. The first-order chi connectivity index (χ1) is 8.25. The van der Waals surface area contributed by atoms with Crippen LogP contribution in [-0.2, 0) is 0 Å². The quantitative estimate of drug-likeness (QED) is 0.918. The summed E-state index contributed by atoms with van der Waals surface area (Å²) in [5.74, 6) is 1.77. The lowest BCUT2D eigenvalue weighted by Gasteiger charge is -2.22. The molecule has 2 nitrogen and oxygen atoms in total. The van der Waals surface area contributed by atoms with E-state index < -0.39 is 0 Å². The summed E-state index contributed by atoms with van der Waals surface area (Å²) < 4.78 is 6.94. The highest BCUT2D eigenvalue weighted by Crippen LogP contribution is 2.22. The molecule has 1 aliphatic heterocycles. The molecule has 1 fully saturated rings. The minimum Gasteiger partial charge on any atom is -0.494 e. The van der Waals surface area contributed by atoms with Gasteiger partial charge in [-0.1, -0.05) is 15.9 Å². The minimum absolute atomic E-state index is 0.792. The molecular formula is C14H20BrNO. The highest BCUT2D eigenvalue weighted by Gasteiger charge is 2.12. The van der Waals surface area contributed by atoms with E-state index in [1.165, 1.54) is 24.9 Å². The lowest BCUT2D eigenvalue weighted by Crippen LogP contribution is -2.30. The van der Waals surface area contributed by atoms with Crippen LogP contribution < -0.4 is 10.1 Å². The van der Waals surface area contributed by atoms with Crippen molar-refractivity contribution in [2.24, 2.45) is 5.92 Å². The highest BCUT2D eigenvalue weighted by molar-refractivity contribution is 9.10. The fraction of sp³-hybridized carbons (Fsp3) is 0.571. The number of rotatable bonds is 4. The van der Waals surface area contributed by atoms with E-state index in [9.17, 15) is 0 Å². The predicted octanol–water partition coefficient (Wildman–Crippen LogP) is 3.53. The Kier molecular flexibility index (Phi) is 4.86. The molecule has 94 valence electrons. The average molecular weight is 298 g/mol. The number of hydrogen-bond acceptors (Lipinski definition) is 2. The molecule has 0 aliphatic carbocycles. The molecule has 0 saturated carbocycles. The molecule has 0 unspecified atom stereocenters. The van der Waals surface area contributed by atoms with Gasteiger partial charge in [-0.3, -0.25) is 0 Å². The van der Waals surface area contributed by atoms with Gasteiger partial charge in [0.25, 0.3) is 0 Å². The Bertz CT molecular complexity index is 361. The highest BCUT2D eigenvalue weighted by atomic mass is 79.9. The van der Waals surface area contributed by atoms with Crippen molar-refractivity contribution in [1.82, 2.24) is 5.32 Å². The Morgan fingerprint density at radius 1 is 1.47 bits per heavy atom. The molecule has 3 heteroatoms. The Morgan fingerprint density at radius 3 is 3.06 bits per heavy atom. The number of piperidine rings is 1. The molecule has 1 aliphatic rings. The summed E-state index contributed by atoms with van der Waals surface area (Å²) in [5, 5.41) is 3.44. The van der Waals surface area contributed by atoms with E-state index >= 15 is 0 Å². The van der Waals surface area contributed by atoms with Crippen LogP contribution in [0.15, 0.2) is 22.7 Å². The number of benzene rings is 1. The smallest absolute Gasteiger partial charge is 0.119 e. The zero-order valence-electron chi connectivity index (χ0n) is 10.3. The van der Waals surface area contributed by atoms with Gasteiger partial charge in [0.05, 0.1) is 6.61 Å². The van der Waals surface area contributed by atoms with Gasteiger partial charge >= 0.3 is 0 Å². The molecule has 0 radical (unpaired) electrons. The van der Waals surface area contributed by atoms with E-state index in [0.717, 1.165) is 35.7 Å². The van der Waals surface area contributed by atoms with Gasteiger partial charge in [0.15, 0.2) is 0 Å². The van der Waals surface area contributed by atoms with Gasteiger partial charge < -0.3 is 10.1 Å². The summed E-state index contributed by atoms with van der Waals surface area (Å²) in [7, 11) is 0. The van der Waals surface area contributed by atoms with Gasteiger partial charge in [0.1, 0.15) is 5.75 Å². The Morgan fingerprint density at radius 2 is 2.35 bits per heavy atom. The van der Waals surface area contributed by atoms with Gasteiger partial charge in [0.2, 0.25) is 0 Å². The number of aryl methyl sites for hydroxylation is 1. The molecule has 17 heavy (non-hydrogen) atoms. The van der Waals surface area contributed by atoms with Crippen molar-refractivity contribution in [3.8, 4) is 5.75 Å². The number of nitrogens with one attached hydrogen (secondary N) is 1. The summed E-state index contributed by atoms with van der Waals surface area (Å²) in [5.41, 5.74) is 1.22. The van der Waals surface area contributed by atoms with Crippen LogP contribution in [-0.4, -0.2) is 19.7 Å². The van der Waals surface area contributed by atoms with Crippen molar-refractivity contribution < 1.29 is 4.74 Å². The van der Waals surface area contributed by atoms with Crippen molar-refractivity contribution in [2.75, 3.05) is 19.7 Å². The van der Waals surface area contributed by atoms with Crippen LogP contribution in [0.5, 0.6) is 5.75 Å². The molecule has 1 saturated heterocycles. The molecule has 2 rings (SSSR count). The van der Waals surface area contributed by atoms with Crippen LogP contribution in [0.1, 0.15) is 24.8 Å². The summed E-state index contributed by atoms with van der Waals surface area (Å²) in [4.78, 5) is 0. The molecule has 0 bridgehead atoms. The van der Waals surface area contributed by atoms with Gasteiger partial charge in [-0.25, -0.2) is 0 Å². The van der Waals surface area contributed by atoms with E-state index in [0.29, 0.717) is 0 Å². The fourth-order valence-corrected chi connectivity index (χ4v) is 2.47. The van der Waals surface area contributed by atoms with Crippen LogP contribution in [0.3, 0.4) is 0 Å². The first kappa shape index (κ1) is 12.9. The summed E-state index contributed by atoms with van der Waals surface area (Å²) in [6.07, 6.45) is 3.81. The maximum absolute atomic E-state index is 5.80.